The van der Waals surface area contributed by atoms with E-state index in [1.165, 1.54) is 25.7 Å². The molecule has 0 nitrogen and oxygen atoms in total. The van der Waals surface area contributed by atoms with Crippen LogP contribution in [-0.4, -0.2) is 0 Å². The van der Waals surface area contributed by atoms with Crippen molar-refractivity contribution < 1.29 is 0 Å². The van der Waals surface area contributed by atoms with Crippen molar-refractivity contribution in [3.8, 4) is 0 Å². The van der Waals surface area contributed by atoms with Crippen molar-refractivity contribution in [3.05, 3.63) is 30.7 Å². The molecule has 0 N–H and O–H groups in total. The second-order valence-electron chi connectivity index (χ2n) is 2.77. The molecule has 0 saturated carbocycles. The van der Waals surface area contributed by atoms with Crippen molar-refractivity contribution in [2.45, 2.75) is 32.1 Å². The summed E-state index contributed by atoms with van der Waals surface area (Å²) < 4.78 is 0. The number of allylic oxidation sites excluding steroid dienone is 4. The first-order valence-electron chi connectivity index (χ1n) is 4.07. The van der Waals surface area contributed by atoms with E-state index >= 15 is 0 Å². The van der Waals surface area contributed by atoms with Crippen LogP contribution in [0.3, 0.4) is 0 Å². The van der Waals surface area contributed by atoms with Gasteiger partial charge < -0.3 is 0 Å². The van der Waals surface area contributed by atoms with Crippen LogP contribution in [0.15, 0.2) is 23.8 Å². The van der Waals surface area contributed by atoms with Gasteiger partial charge in [0.25, 0.3) is 0 Å². The Balaban J connectivity index is 2.04. The monoisotopic (exact) mass is 135 g/mol. The molecule has 0 bridgehead atoms. The van der Waals surface area contributed by atoms with Crippen molar-refractivity contribution in [2.24, 2.45) is 0 Å². The molecule has 0 aromatic rings. The highest BCUT2D eigenvalue weighted by atomic mass is 14.0. The van der Waals surface area contributed by atoms with Crippen molar-refractivity contribution in [3.63, 3.8) is 0 Å². The Bertz CT molecular complexity index is 140. The molecule has 1 aliphatic carbocycles. The molecular formula is C10H15. The Labute approximate surface area is 63.6 Å². The minimum atomic E-state index is 1.08. The van der Waals surface area contributed by atoms with Crippen molar-refractivity contribution in [2.75, 3.05) is 0 Å². The second kappa shape index (κ2) is 4.32. The molecule has 0 atom stereocenters. The minimum Gasteiger partial charge on any atom is -0.0805 e. The Morgan fingerprint density at radius 1 is 1.40 bits per heavy atom. The molecular weight excluding hydrogens is 120 g/mol. The molecule has 0 aromatic heterocycles. The molecule has 0 saturated heterocycles. The van der Waals surface area contributed by atoms with E-state index in [1.54, 1.807) is 5.57 Å². The second-order valence-corrected chi connectivity index (χ2v) is 2.77. The first-order valence-corrected chi connectivity index (χ1v) is 4.07. The summed E-state index contributed by atoms with van der Waals surface area (Å²) in [5.74, 6) is 0. The summed E-state index contributed by atoms with van der Waals surface area (Å²) in [6, 6.07) is 0. The van der Waals surface area contributed by atoms with Crippen LogP contribution in [0.2, 0.25) is 0 Å². The maximum absolute atomic E-state index is 3.81. The zero-order chi connectivity index (χ0) is 7.23. The van der Waals surface area contributed by atoms with Gasteiger partial charge in [0.2, 0.25) is 0 Å². The third kappa shape index (κ3) is 2.38. The van der Waals surface area contributed by atoms with Gasteiger partial charge in [-0.1, -0.05) is 43.6 Å². The van der Waals surface area contributed by atoms with E-state index < -0.39 is 0 Å². The number of hydrogen-bond donors (Lipinski definition) is 0. The lowest BCUT2D eigenvalue weighted by Gasteiger charge is -1.98. The summed E-state index contributed by atoms with van der Waals surface area (Å²) >= 11 is 0. The molecule has 1 rings (SSSR count). The molecule has 0 fully saturated rings. The normalized spacial score (nSPS) is 15.9. The quantitative estimate of drug-likeness (QED) is 0.519. The first kappa shape index (κ1) is 7.59. The molecule has 0 aromatic carbocycles. The maximum Gasteiger partial charge on any atom is -0.0133 e. The fourth-order valence-electron chi connectivity index (χ4n) is 1.21. The number of hydrogen-bond acceptors (Lipinski definition) is 0. The fraction of sp³-hybridized carbons (Fsp3) is 0.500. The number of rotatable bonds is 4. The molecule has 0 unspecified atom stereocenters. The smallest absolute Gasteiger partial charge is 0.0133 e. The highest BCUT2D eigenvalue weighted by Gasteiger charge is 1.97. The highest BCUT2D eigenvalue weighted by Crippen LogP contribution is 2.17. The largest absolute Gasteiger partial charge is 0.0805 e. The predicted octanol–water partition coefficient (Wildman–Crippen LogP) is 3.27. The molecule has 0 spiro atoms. The van der Waals surface area contributed by atoms with E-state index in [2.05, 4.69) is 25.2 Å². The van der Waals surface area contributed by atoms with E-state index in [0.29, 0.717) is 0 Å². The van der Waals surface area contributed by atoms with Gasteiger partial charge in [-0.3, -0.25) is 0 Å². The van der Waals surface area contributed by atoms with Crippen LogP contribution in [0.1, 0.15) is 32.1 Å². The van der Waals surface area contributed by atoms with Crippen LogP contribution in [0.5, 0.6) is 0 Å². The number of unbranched alkanes of at least 4 members (excludes halogenated alkanes) is 2. The Morgan fingerprint density at radius 3 is 2.90 bits per heavy atom. The molecule has 1 aliphatic rings. The van der Waals surface area contributed by atoms with Gasteiger partial charge in [-0.25, -0.2) is 0 Å². The molecule has 10 heavy (non-hydrogen) atoms. The zero-order valence-electron chi connectivity index (χ0n) is 6.47. The van der Waals surface area contributed by atoms with E-state index in [9.17, 15) is 0 Å². The van der Waals surface area contributed by atoms with Crippen molar-refractivity contribution >= 4 is 0 Å². The predicted molar refractivity (Wildman–Crippen MR) is 45.7 cm³/mol. The lowest BCUT2D eigenvalue weighted by atomic mass is 10.1. The van der Waals surface area contributed by atoms with Crippen LogP contribution >= 0.6 is 0 Å². The summed E-state index contributed by atoms with van der Waals surface area (Å²) in [6.45, 7) is 3.81. The van der Waals surface area contributed by atoms with Gasteiger partial charge in [-0.2, -0.15) is 0 Å². The Morgan fingerprint density at radius 2 is 2.30 bits per heavy atom. The summed E-state index contributed by atoms with van der Waals surface area (Å²) in [5.41, 5.74) is 1.59. The van der Waals surface area contributed by atoms with Gasteiger partial charge in [0, 0.05) is 0 Å². The third-order valence-corrected chi connectivity index (χ3v) is 1.85. The minimum absolute atomic E-state index is 1.08. The third-order valence-electron chi connectivity index (χ3n) is 1.85. The van der Waals surface area contributed by atoms with Crippen LogP contribution < -0.4 is 0 Å². The van der Waals surface area contributed by atoms with E-state index in [1.807, 2.05) is 0 Å². The van der Waals surface area contributed by atoms with Gasteiger partial charge in [-0.15, -0.1) is 0 Å². The van der Waals surface area contributed by atoms with Crippen molar-refractivity contribution in [1.82, 2.24) is 0 Å². The first-order chi connectivity index (χ1) is 4.93. The van der Waals surface area contributed by atoms with Gasteiger partial charge in [0.05, 0.1) is 0 Å². The van der Waals surface area contributed by atoms with Crippen LogP contribution in [-0.2, 0) is 0 Å². The van der Waals surface area contributed by atoms with Crippen LogP contribution in [0.4, 0.5) is 0 Å². The molecule has 0 heterocycles. The molecule has 0 heteroatoms. The lowest BCUT2D eigenvalue weighted by Crippen LogP contribution is -1.79. The van der Waals surface area contributed by atoms with Crippen LogP contribution in [0, 0.1) is 6.92 Å². The molecule has 1 radical (unpaired) electrons. The SMILES string of the molecule is [CH2]CCCCC1=CC=CC1. The standard InChI is InChI=1S/C10H15/c1-2-3-4-7-10-8-5-6-9-10/h5-6,8H,1-4,7,9H2. The summed E-state index contributed by atoms with van der Waals surface area (Å²) in [5, 5.41) is 0. The Hall–Kier alpha value is -0.520. The Kier molecular flexibility index (Phi) is 3.28. The molecule has 55 valence electrons. The van der Waals surface area contributed by atoms with Gasteiger partial charge >= 0.3 is 0 Å². The van der Waals surface area contributed by atoms with Gasteiger partial charge in [0.15, 0.2) is 0 Å². The van der Waals surface area contributed by atoms with Crippen molar-refractivity contribution in [1.29, 1.82) is 0 Å². The van der Waals surface area contributed by atoms with E-state index in [0.717, 1.165) is 6.42 Å². The molecule has 0 aliphatic heterocycles. The average Bonchev–Trinajstić information content (AvgIpc) is 2.41. The zero-order valence-corrected chi connectivity index (χ0v) is 6.47. The van der Waals surface area contributed by atoms with E-state index in [-0.39, 0.29) is 0 Å². The van der Waals surface area contributed by atoms with E-state index in [4.69, 9.17) is 0 Å². The fourth-order valence-corrected chi connectivity index (χ4v) is 1.21. The summed E-state index contributed by atoms with van der Waals surface area (Å²) in [6.07, 6.45) is 12.8. The highest BCUT2D eigenvalue weighted by molar-refractivity contribution is 5.22. The summed E-state index contributed by atoms with van der Waals surface area (Å²) in [4.78, 5) is 0. The lowest BCUT2D eigenvalue weighted by molar-refractivity contribution is 0.735. The van der Waals surface area contributed by atoms with Crippen LogP contribution in [0.25, 0.3) is 0 Å². The topological polar surface area (TPSA) is 0 Å². The van der Waals surface area contributed by atoms with Gasteiger partial charge in [0.1, 0.15) is 0 Å². The maximum atomic E-state index is 3.81. The molecule has 0 amide bonds. The summed E-state index contributed by atoms with van der Waals surface area (Å²) in [7, 11) is 0. The van der Waals surface area contributed by atoms with Gasteiger partial charge in [-0.05, 0) is 19.3 Å². The average molecular weight is 135 g/mol.